The van der Waals surface area contributed by atoms with E-state index in [2.05, 4.69) is 15.6 Å². The van der Waals surface area contributed by atoms with Crippen molar-refractivity contribution in [2.24, 2.45) is 4.99 Å². The van der Waals surface area contributed by atoms with Crippen molar-refractivity contribution in [2.75, 3.05) is 33.3 Å². The van der Waals surface area contributed by atoms with Crippen LogP contribution in [0.1, 0.15) is 25.3 Å². The molecule has 27 heavy (non-hydrogen) atoms. The molecule has 1 aromatic carbocycles. The van der Waals surface area contributed by atoms with Crippen LogP contribution in [-0.4, -0.2) is 56.3 Å². The highest BCUT2D eigenvalue weighted by atomic mass is 127. The summed E-state index contributed by atoms with van der Waals surface area (Å²) in [7, 11) is 1.69. The molecule has 152 valence electrons. The fourth-order valence-corrected chi connectivity index (χ4v) is 3.14. The molecule has 1 aromatic rings. The minimum Gasteiger partial charge on any atom is -0.450 e. The number of likely N-dealkylation sites (tertiary alicyclic amines) is 1. The molecular formula is C18H27ClFIN4O2. The molecule has 0 atom stereocenters. The van der Waals surface area contributed by atoms with Crippen LogP contribution in [0.15, 0.2) is 23.2 Å². The maximum atomic E-state index is 13.8. The third kappa shape index (κ3) is 7.33. The Kier molecular flexibility index (Phi) is 10.8. The van der Waals surface area contributed by atoms with Gasteiger partial charge in [-0.05, 0) is 38.3 Å². The molecule has 6 nitrogen and oxygen atoms in total. The summed E-state index contributed by atoms with van der Waals surface area (Å²) in [4.78, 5) is 17.6. The normalized spacial score (nSPS) is 15.1. The number of aliphatic imine (C=N–C) groups is 1. The van der Waals surface area contributed by atoms with Gasteiger partial charge in [0.2, 0.25) is 0 Å². The number of halogens is 3. The number of guanidine groups is 1. The average Bonchev–Trinajstić information content (AvgIpc) is 2.64. The van der Waals surface area contributed by atoms with Gasteiger partial charge in [-0.15, -0.1) is 24.0 Å². The van der Waals surface area contributed by atoms with Gasteiger partial charge in [0.15, 0.2) is 5.96 Å². The maximum Gasteiger partial charge on any atom is 0.409 e. The monoisotopic (exact) mass is 512 g/mol. The molecule has 0 bridgehead atoms. The highest BCUT2D eigenvalue weighted by Gasteiger charge is 2.24. The van der Waals surface area contributed by atoms with E-state index in [1.807, 2.05) is 0 Å². The zero-order valence-electron chi connectivity index (χ0n) is 15.6. The van der Waals surface area contributed by atoms with Gasteiger partial charge in [0.25, 0.3) is 0 Å². The van der Waals surface area contributed by atoms with Crippen LogP contribution in [0, 0.1) is 5.82 Å². The number of ether oxygens (including phenoxy) is 1. The molecule has 0 saturated carbocycles. The maximum absolute atomic E-state index is 13.8. The molecule has 0 radical (unpaired) electrons. The second-order valence-corrected chi connectivity index (χ2v) is 6.46. The van der Waals surface area contributed by atoms with Crippen LogP contribution in [0.2, 0.25) is 5.02 Å². The fourth-order valence-electron chi connectivity index (χ4n) is 2.89. The van der Waals surface area contributed by atoms with E-state index in [1.54, 1.807) is 31.0 Å². The predicted octanol–water partition coefficient (Wildman–Crippen LogP) is 3.43. The van der Waals surface area contributed by atoms with Gasteiger partial charge in [0.1, 0.15) is 5.82 Å². The lowest BCUT2D eigenvalue weighted by Gasteiger charge is -2.32. The summed E-state index contributed by atoms with van der Waals surface area (Å²) in [6.07, 6.45) is 1.85. The molecule has 1 aliphatic heterocycles. The van der Waals surface area contributed by atoms with Gasteiger partial charge in [-0.25, -0.2) is 9.18 Å². The number of amides is 1. The van der Waals surface area contributed by atoms with Crippen LogP contribution in [-0.2, 0) is 11.2 Å². The van der Waals surface area contributed by atoms with Crippen molar-refractivity contribution >= 4 is 47.6 Å². The number of piperidine rings is 1. The first-order valence-electron chi connectivity index (χ1n) is 8.87. The first kappa shape index (κ1) is 23.7. The largest absolute Gasteiger partial charge is 0.450 e. The predicted molar refractivity (Wildman–Crippen MR) is 117 cm³/mol. The molecular weight excluding hydrogens is 486 g/mol. The Hall–Kier alpha value is -1.29. The number of hydrogen-bond acceptors (Lipinski definition) is 3. The Bertz CT molecular complexity index is 620. The number of carbonyl (C=O) groups excluding carboxylic acids is 1. The van der Waals surface area contributed by atoms with E-state index in [9.17, 15) is 9.18 Å². The van der Waals surface area contributed by atoms with E-state index in [0.29, 0.717) is 49.2 Å². The van der Waals surface area contributed by atoms with Gasteiger partial charge in [-0.3, -0.25) is 4.99 Å². The number of nitrogens with zero attached hydrogens (tertiary/aromatic N) is 2. The molecule has 0 unspecified atom stereocenters. The van der Waals surface area contributed by atoms with E-state index >= 15 is 0 Å². The summed E-state index contributed by atoms with van der Waals surface area (Å²) in [5.41, 5.74) is 0.500. The second kappa shape index (κ2) is 12.2. The van der Waals surface area contributed by atoms with Gasteiger partial charge in [-0.2, -0.15) is 0 Å². The lowest BCUT2D eigenvalue weighted by atomic mass is 10.1. The highest BCUT2D eigenvalue weighted by molar-refractivity contribution is 14.0. The van der Waals surface area contributed by atoms with Crippen molar-refractivity contribution in [2.45, 2.75) is 32.2 Å². The molecule has 9 heteroatoms. The Balaban J connectivity index is 0.00000364. The fraction of sp³-hybridized carbons (Fsp3) is 0.556. The zero-order valence-corrected chi connectivity index (χ0v) is 18.7. The Morgan fingerprint density at radius 3 is 2.70 bits per heavy atom. The molecule has 0 aliphatic carbocycles. The van der Waals surface area contributed by atoms with Crippen molar-refractivity contribution in [1.82, 2.24) is 15.5 Å². The summed E-state index contributed by atoms with van der Waals surface area (Å²) in [5.74, 6) is 0.362. The Morgan fingerprint density at radius 1 is 1.41 bits per heavy atom. The molecule has 1 fully saturated rings. The van der Waals surface area contributed by atoms with Crippen molar-refractivity contribution in [1.29, 1.82) is 0 Å². The zero-order chi connectivity index (χ0) is 18.9. The van der Waals surface area contributed by atoms with Crippen LogP contribution in [0.4, 0.5) is 9.18 Å². The highest BCUT2D eigenvalue weighted by Crippen LogP contribution is 2.19. The van der Waals surface area contributed by atoms with Gasteiger partial charge < -0.3 is 20.3 Å². The van der Waals surface area contributed by atoms with E-state index in [1.165, 1.54) is 6.07 Å². The number of benzene rings is 1. The SMILES string of the molecule is CCOC(=O)N1CCC(NC(=NC)NCCc2c(F)cccc2Cl)CC1.I. The average molecular weight is 513 g/mol. The van der Waals surface area contributed by atoms with Crippen molar-refractivity contribution in [3.05, 3.63) is 34.6 Å². The summed E-state index contributed by atoms with van der Waals surface area (Å²) in [6, 6.07) is 4.91. The van der Waals surface area contributed by atoms with Crippen molar-refractivity contribution in [3.8, 4) is 0 Å². The summed E-state index contributed by atoms with van der Waals surface area (Å²) >= 11 is 6.04. The minimum atomic E-state index is -0.298. The molecule has 1 aliphatic rings. The first-order chi connectivity index (χ1) is 12.5. The van der Waals surface area contributed by atoms with Crippen molar-refractivity contribution in [3.63, 3.8) is 0 Å². The van der Waals surface area contributed by atoms with Crippen LogP contribution in [0.3, 0.4) is 0 Å². The standard InChI is InChI=1S/C18H26ClFN4O2.HI/c1-3-26-18(25)24-11-8-13(9-12-24)23-17(21-2)22-10-7-14-15(19)5-4-6-16(14)20;/h4-6,13H,3,7-12H2,1-2H3,(H2,21,22,23);1H. The van der Waals surface area contributed by atoms with Crippen LogP contribution >= 0.6 is 35.6 Å². The van der Waals surface area contributed by atoms with Gasteiger partial charge in [-0.1, -0.05) is 17.7 Å². The number of hydrogen-bond donors (Lipinski definition) is 2. The Morgan fingerprint density at radius 2 is 2.11 bits per heavy atom. The Labute approximate surface area is 181 Å². The summed E-state index contributed by atoms with van der Waals surface area (Å²) in [5, 5.41) is 6.96. The van der Waals surface area contributed by atoms with Gasteiger partial charge in [0, 0.05) is 43.3 Å². The summed E-state index contributed by atoms with van der Waals surface area (Å²) < 4.78 is 18.8. The third-order valence-corrected chi connectivity index (χ3v) is 4.67. The molecule has 2 N–H and O–H groups in total. The van der Waals surface area contributed by atoms with Crippen LogP contribution in [0.25, 0.3) is 0 Å². The number of nitrogens with one attached hydrogen (secondary N) is 2. The van der Waals surface area contributed by atoms with E-state index < -0.39 is 0 Å². The van der Waals surface area contributed by atoms with Gasteiger partial charge in [0.05, 0.1) is 6.61 Å². The topological polar surface area (TPSA) is 66.0 Å². The van der Waals surface area contributed by atoms with Crippen molar-refractivity contribution < 1.29 is 13.9 Å². The van der Waals surface area contributed by atoms with E-state index in [0.717, 1.165) is 12.8 Å². The number of carbonyl (C=O) groups is 1. The molecule has 1 heterocycles. The minimum absolute atomic E-state index is 0. The van der Waals surface area contributed by atoms with E-state index in [-0.39, 0.29) is 41.9 Å². The lowest BCUT2D eigenvalue weighted by Crippen LogP contribution is -2.50. The van der Waals surface area contributed by atoms with Crippen LogP contribution in [0.5, 0.6) is 0 Å². The van der Waals surface area contributed by atoms with E-state index in [4.69, 9.17) is 16.3 Å². The molecule has 2 rings (SSSR count). The molecule has 1 amide bonds. The molecule has 0 aromatic heterocycles. The molecule has 0 spiro atoms. The second-order valence-electron chi connectivity index (χ2n) is 6.05. The third-order valence-electron chi connectivity index (χ3n) is 4.31. The van der Waals surface area contributed by atoms with Gasteiger partial charge >= 0.3 is 6.09 Å². The number of rotatable bonds is 5. The molecule has 1 saturated heterocycles. The van der Waals surface area contributed by atoms with Crippen LogP contribution < -0.4 is 10.6 Å². The summed E-state index contributed by atoms with van der Waals surface area (Å²) in [6.45, 7) is 4.01. The smallest absolute Gasteiger partial charge is 0.409 e. The lowest BCUT2D eigenvalue weighted by molar-refractivity contribution is 0.0963. The first-order valence-corrected chi connectivity index (χ1v) is 9.24. The quantitative estimate of drug-likeness (QED) is 0.360.